The lowest BCUT2D eigenvalue weighted by atomic mass is 10.1. The SMILES string of the molecule is CN(CCCc1cc(-c2cccc(F)c2)n[nH]1)C(=O)c1cc(=O)n(C)c2ccccc12. The van der Waals surface area contributed by atoms with E-state index >= 15 is 0 Å². The van der Waals surface area contributed by atoms with E-state index in [0.717, 1.165) is 23.0 Å². The Morgan fingerprint density at radius 2 is 1.94 bits per heavy atom. The number of aromatic amines is 1. The smallest absolute Gasteiger partial charge is 0.254 e. The van der Waals surface area contributed by atoms with Crippen molar-refractivity contribution in [3.63, 3.8) is 0 Å². The van der Waals surface area contributed by atoms with Gasteiger partial charge in [-0.15, -0.1) is 0 Å². The topological polar surface area (TPSA) is 71.0 Å². The minimum atomic E-state index is -0.301. The van der Waals surface area contributed by atoms with Crippen molar-refractivity contribution in [1.29, 1.82) is 0 Å². The molecule has 158 valence electrons. The predicted octanol–water partition coefficient (Wildman–Crippen LogP) is 3.77. The van der Waals surface area contributed by atoms with Crippen LogP contribution in [-0.2, 0) is 13.5 Å². The fraction of sp³-hybridized carbons (Fsp3) is 0.208. The average molecular weight is 418 g/mol. The molecule has 0 saturated carbocycles. The standard InChI is InChI=1S/C24H23FN4O2/c1-28(24(31)20-15-23(30)29(2)22-11-4-3-10-19(20)22)12-6-9-18-14-21(27-26-18)16-7-5-8-17(25)13-16/h3-5,7-8,10-11,13-15H,6,9,12H2,1-2H3,(H,26,27). The van der Waals surface area contributed by atoms with Crippen LogP contribution in [0.1, 0.15) is 22.5 Å². The summed E-state index contributed by atoms with van der Waals surface area (Å²) in [5.41, 5.74) is 3.25. The van der Waals surface area contributed by atoms with Gasteiger partial charge in [0.25, 0.3) is 11.5 Å². The second-order valence-electron chi connectivity index (χ2n) is 7.59. The van der Waals surface area contributed by atoms with Gasteiger partial charge in [-0.2, -0.15) is 5.10 Å². The molecule has 0 radical (unpaired) electrons. The lowest BCUT2D eigenvalue weighted by molar-refractivity contribution is 0.0795. The molecule has 0 fully saturated rings. The quantitative estimate of drug-likeness (QED) is 0.518. The number of nitrogens with one attached hydrogen (secondary N) is 1. The monoisotopic (exact) mass is 418 g/mol. The minimum Gasteiger partial charge on any atom is -0.342 e. The number of aromatic nitrogens is 3. The molecule has 0 aliphatic heterocycles. The Kier molecular flexibility index (Phi) is 5.66. The third-order valence-corrected chi connectivity index (χ3v) is 5.42. The highest BCUT2D eigenvalue weighted by molar-refractivity contribution is 6.06. The van der Waals surface area contributed by atoms with Crippen LogP contribution in [0.5, 0.6) is 0 Å². The number of para-hydroxylation sites is 1. The van der Waals surface area contributed by atoms with E-state index < -0.39 is 0 Å². The van der Waals surface area contributed by atoms with Gasteiger partial charge in [0.2, 0.25) is 0 Å². The van der Waals surface area contributed by atoms with E-state index in [2.05, 4.69) is 10.2 Å². The van der Waals surface area contributed by atoms with Gasteiger partial charge < -0.3 is 9.47 Å². The number of amides is 1. The maximum Gasteiger partial charge on any atom is 0.254 e. The Bertz CT molecular complexity index is 1310. The first-order valence-electron chi connectivity index (χ1n) is 10.1. The van der Waals surface area contributed by atoms with Gasteiger partial charge in [0.1, 0.15) is 5.82 Å². The van der Waals surface area contributed by atoms with E-state index in [1.807, 2.05) is 36.4 Å². The molecule has 0 atom stereocenters. The maximum absolute atomic E-state index is 13.4. The fourth-order valence-corrected chi connectivity index (χ4v) is 3.69. The van der Waals surface area contributed by atoms with Crippen molar-refractivity contribution in [2.45, 2.75) is 12.8 Å². The molecule has 2 aromatic heterocycles. The normalized spacial score (nSPS) is 11.1. The number of pyridine rings is 1. The fourth-order valence-electron chi connectivity index (χ4n) is 3.69. The molecule has 2 heterocycles. The summed E-state index contributed by atoms with van der Waals surface area (Å²) in [6, 6.07) is 17.0. The third kappa shape index (κ3) is 4.26. The Morgan fingerprint density at radius 1 is 1.13 bits per heavy atom. The molecule has 0 bridgehead atoms. The number of carbonyl (C=O) groups excluding carboxylic acids is 1. The molecule has 7 heteroatoms. The molecule has 0 unspecified atom stereocenters. The summed E-state index contributed by atoms with van der Waals surface area (Å²) >= 11 is 0. The van der Waals surface area contributed by atoms with E-state index in [1.54, 1.807) is 29.6 Å². The van der Waals surface area contributed by atoms with Crippen molar-refractivity contribution in [2.75, 3.05) is 13.6 Å². The van der Waals surface area contributed by atoms with Crippen molar-refractivity contribution in [1.82, 2.24) is 19.7 Å². The summed E-state index contributed by atoms with van der Waals surface area (Å²) in [5.74, 6) is -0.482. The number of halogens is 1. The highest BCUT2D eigenvalue weighted by Crippen LogP contribution is 2.20. The molecule has 4 rings (SSSR count). The molecule has 2 aromatic carbocycles. The zero-order valence-corrected chi connectivity index (χ0v) is 17.4. The molecule has 31 heavy (non-hydrogen) atoms. The first-order valence-corrected chi connectivity index (χ1v) is 10.1. The van der Waals surface area contributed by atoms with E-state index in [0.29, 0.717) is 29.8 Å². The molecular weight excluding hydrogens is 395 g/mol. The van der Waals surface area contributed by atoms with Gasteiger partial charge in [-0.25, -0.2) is 4.39 Å². The van der Waals surface area contributed by atoms with Gasteiger partial charge in [0.15, 0.2) is 0 Å². The van der Waals surface area contributed by atoms with Gasteiger partial charge >= 0.3 is 0 Å². The Balaban J connectivity index is 1.43. The maximum atomic E-state index is 13.4. The van der Waals surface area contributed by atoms with Crippen LogP contribution < -0.4 is 5.56 Å². The molecule has 0 aliphatic carbocycles. The van der Waals surface area contributed by atoms with Crippen LogP contribution in [0, 0.1) is 5.82 Å². The number of fused-ring (bicyclic) bond motifs is 1. The largest absolute Gasteiger partial charge is 0.342 e. The number of aryl methyl sites for hydroxylation is 2. The summed E-state index contributed by atoms with van der Waals surface area (Å²) in [6.45, 7) is 0.524. The van der Waals surface area contributed by atoms with Crippen LogP contribution >= 0.6 is 0 Å². The second-order valence-corrected chi connectivity index (χ2v) is 7.59. The summed E-state index contributed by atoms with van der Waals surface area (Å²) in [6.07, 6.45) is 1.41. The first-order chi connectivity index (χ1) is 14.9. The van der Waals surface area contributed by atoms with Crippen LogP contribution in [0.15, 0.2) is 65.5 Å². The van der Waals surface area contributed by atoms with E-state index in [-0.39, 0.29) is 17.3 Å². The van der Waals surface area contributed by atoms with Crippen molar-refractivity contribution >= 4 is 16.8 Å². The van der Waals surface area contributed by atoms with E-state index in [1.165, 1.54) is 18.2 Å². The van der Waals surface area contributed by atoms with Crippen LogP contribution in [0.25, 0.3) is 22.2 Å². The molecule has 1 amide bonds. The third-order valence-electron chi connectivity index (χ3n) is 5.42. The Hall–Kier alpha value is -3.74. The Morgan fingerprint density at radius 3 is 2.74 bits per heavy atom. The van der Waals surface area contributed by atoms with Gasteiger partial charge in [0, 0.05) is 43.4 Å². The lowest BCUT2D eigenvalue weighted by Crippen LogP contribution is -2.30. The van der Waals surface area contributed by atoms with Gasteiger partial charge in [-0.1, -0.05) is 30.3 Å². The lowest BCUT2D eigenvalue weighted by Gasteiger charge is -2.18. The number of H-pyrrole nitrogens is 1. The molecule has 0 aliphatic rings. The first kappa shape index (κ1) is 20.5. The average Bonchev–Trinajstić information content (AvgIpc) is 3.25. The van der Waals surface area contributed by atoms with Crippen LogP contribution in [0.4, 0.5) is 4.39 Å². The minimum absolute atomic E-state index is 0.182. The van der Waals surface area contributed by atoms with Crippen molar-refractivity contribution < 1.29 is 9.18 Å². The summed E-state index contributed by atoms with van der Waals surface area (Å²) < 4.78 is 15.0. The van der Waals surface area contributed by atoms with Crippen LogP contribution in [0.2, 0.25) is 0 Å². The number of hydrogen-bond acceptors (Lipinski definition) is 3. The molecule has 0 saturated heterocycles. The number of benzene rings is 2. The van der Waals surface area contributed by atoms with Gasteiger partial charge in [-0.3, -0.25) is 14.7 Å². The molecular formula is C24H23FN4O2. The van der Waals surface area contributed by atoms with Crippen LogP contribution in [0.3, 0.4) is 0 Å². The zero-order valence-electron chi connectivity index (χ0n) is 17.4. The highest BCUT2D eigenvalue weighted by Gasteiger charge is 2.17. The van der Waals surface area contributed by atoms with E-state index in [4.69, 9.17) is 0 Å². The number of carbonyl (C=O) groups is 1. The van der Waals surface area contributed by atoms with Crippen molar-refractivity contribution in [3.05, 3.63) is 88.1 Å². The Labute approximate surface area is 178 Å². The summed E-state index contributed by atoms with van der Waals surface area (Å²) in [5, 5.41) is 7.99. The van der Waals surface area contributed by atoms with E-state index in [9.17, 15) is 14.0 Å². The molecule has 4 aromatic rings. The summed E-state index contributed by atoms with van der Waals surface area (Å²) in [7, 11) is 3.44. The molecule has 6 nitrogen and oxygen atoms in total. The summed E-state index contributed by atoms with van der Waals surface area (Å²) in [4.78, 5) is 26.9. The van der Waals surface area contributed by atoms with Gasteiger partial charge in [0.05, 0.1) is 16.8 Å². The highest BCUT2D eigenvalue weighted by atomic mass is 19.1. The predicted molar refractivity (Wildman–Crippen MR) is 118 cm³/mol. The van der Waals surface area contributed by atoms with Crippen molar-refractivity contribution in [2.24, 2.45) is 7.05 Å². The number of hydrogen-bond donors (Lipinski definition) is 1. The number of rotatable bonds is 6. The molecule has 1 N–H and O–H groups in total. The molecule has 0 spiro atoms. The zero-order chi connectivity index (χ0) is 22.0. The van der Waals surface area contributed by atoms with Crippen LogP contribution in [-0.4, -0.2) is 39.2 Å². The van der Waals surface area contributed by atoms with Crippen molar-refractivity contribution in [3.8, 4) is 11.3 Å². The number of nitrogens with zero attached hydrogens (tertiary/aromatic N) is 3. The van der Waals surface area contributed by atoms with Gasteiger partial charge in [-0.05, 0) is 37.1 Å². The second kappa shape index (κ2) is 8.55.